The summed E-state index contributed by atoms with van der Waals surface area (Å²) in [4.78, 5) is 14.8. The number of aryl methyl sites for hydroxylation is 1. The lowest BCUT2D eigenvalue weighted by molar-refractivity contribution is 0.643. The van der Waals surface area contributed by atoms with Crippen molar-refractivity contribution in [1.29, 1.82) is 5.26 Å². The van der Waals surface area contributed by atoms with E-state index >= 15 is 0 Å². The number of rotatable bonds is 3. The summed E-state index contributed by atoms with van der Waals surface area (Å²) < 4.78 is 0. The first-order valence-electron chi connectivity index (χ1n) is 6.75. The van der Waals surface area contributed by atoms with Crippen LogP contribution in [0.4, 0.5) is 0 Å². The van der Waals surface area contributed by atoms with Gasteiger partial charge in [-0.2, -0.15) is 5.26 Å². The molecule has 0 bridgehead atoms. The fourth-order valence-electron chi connectivity index (χ4n) is 2.45. The molecule has 0 atom stereocenters. The molecule has 0 amide bonds. The number of nitrogens with one attached hydrogen (secondary N) is 1. The zero-order valence-electron chi connectivity index (χ0n) is 12.0. The quantitative estimate of drug-likeness (QED) is 0.925. The van der Waals surface area contributed by atoms with Gasteiger partial charge >= 0.3 is 0 Å². The van der Waals surface area contributed by atoms with Gasteiger partial charge in [0.05, 0.1) is 0 Å². The second-order valence-electron chi connectivity index (χ2n) is 5.38. The van der Waals surface area contributed by atoms with E-state index in [1.54, 1.807) is 0 Å². The minimum absolute atomic E-state index is 0.206. The maximum absolute atomic E-state index is 12.0. The summed E-state index contributed by atoms with van der Waals surface area (Å²) in [6.07, 6.45) is 0.835. The van der Waals surface area contributed by atoms with Crippen molar-refractivity contribution < 1.29 is 0 Å². The fraction of sp³-hybridized carbons (Fsp3) is 0.294. The van der Waals surface area contributed by atoms with Crippen LogP contribution < -0.4 is 5.56 Å². The molecule has 1 aromatic carbocycles. The van der Waals surface area contributed by atoms with Crippen molar-refractivity contribution in [2.45, 2.75) is 27.2 Å². The predicted octanol–water partition coefficient (Wildman–Crippen LogP) is 3.42. The van der Waals surface area contributed by atoms with Crippen LogP contribution in [0.3, 0.4) is 0 Å². The smallest absolute Gasteiger partial charge is 0.266 e. The minimum atomic E-state index is -0.309. The summed E-state index contributed by atoms with van der Waals surface area (Å²) in [6, 6.07) is 11.7. The Hall–Kier alpha value is -2.34. The third-order valence-corrected chi connectivity index (χ3v) is 3.32. The van der Waals surface area contributed by atoms with E-state index in [4.69, 9.17) is 0 Å². The minimum Gasteiger partial charge on any atom is -0.325 e. The summed E-state index contributed by atoms with van der Waals surface area (Å²) in [5, 5.41) is 9.34. The van der Waals surface area contributed by atoms with Crippen molar-refractivity contribution in [2.24, 2.45) is 5.92 Å². The first-order chi connectivity index (χ1) is 9.54. The van der Waals surface area contributed by atoms with Gasteiger partial charge in [-0.05, 0) is 30.4 Å². The van der Waals surface area contributed by atoms with E-state index in [1.807, 2.05) is 37.3 Å². The highest BCUT2D eigenvalue weighted by atomic mass is 16.1. The molecule has 0 radical (unpaired) electrons. The average Bonchev–Trinajstić information content (AvgIpc) is 2.42. The molecule has 2 rings (SSSR count). The van der Waals surface area contributed by atoms with Crippen LogP contribution >= 0.6 is 0 Å². The van der Waals surface area contributed by atoms with E-state index in [1.165, 1.54) is 0 Å². The lowest BCUT2D eigenvalue weighted by Crippen LogP contribution is -2.17. The number of aromatic nitrogens is 1. The summed E-state index contributed by atoms with van der Waals surface area (Å²) in [5.74, 6) is 0.452. The van der Waals surface area contributed by atoms with Crippen LogP contribution in [0.15, 0.2) is 35.1 Å². The van der Waals surface area contributed by atoms with Gasteiger partial charge in [-0.25, -0.2) is 0 Å². The van der Waals surface area contributed by atoms with Gasteiger partial charge in [0.1, 0.15) is 11.6 Å². The van der Waals surface area contributed by atoms with Crippen LogP contribution in [0.2, 0.25) is 0 Å². The zero-order valence-corrected chi connectivity index (χ0v) is 12.0. The molecule has 0 aliphatic carbocycles. The third kappa shape index (κ3) is 2.65. The van der Waals surface area contributed by atoms with Crippen LogP contribution in [0.25, 0.3) is 11.1 Å². The number of aromatic amines is 1. The van der Waals surface area contributed by atoms with Gasteiger partial charge in [-0.1, -0.05) is 44.2 Å². The number of H-pyrrole nitrogens is 1. The Bertz CT molecular complexity index is 706. The van der Waals surface area contributed by atoms with Crippen molar-refractivity contribution in [2.75, 3.05) is 0 Å². The molecule has 0 unspecified atom stereocenters. The Labute approximate surface area is 118 Å². The van der Waals surface area contributed by atoms with E-state index in [0.29, 0.717) is 5.92 Å². The molecule has 0 aliphatic heterocycles. The SMILES string of the molecule is Cc1[nH]c(=O)c(C#N)c(-c2ccccc2)c1CC(C)C. The first kappa shape index (κ1) is 14.1. The molecule has 3 nitrogen and oxygen atoms in total. The standard InChI is InChI=1S/C17H18N2O/c1-11(2)9-14-12(3)19-17(20)15(10-18)16(14)13-7-5-4-6-8-13/h4-8,11H,9H2,1-3H3,(H,19,20). The second kappa shape index (κ2) is 5.75. The van der Waals surface area contributed by atoms with Crippen LogP contribution in [0.1, 0.15) is 30.7 Å². The fourth-order valence-corrected chi connectivity index (χ4v) is 2.45. The molecule has 1 heterocycles. The van der Waals surface area contributed by atoms with Crippen molar-refractivity contribution >= 4 is 0 Å². The Balaban J connectivity index is 2.81. The summed E-state index contributed by atoms with van der Waals surface area (Å²) in [7, 11) is 0. The topological polar surface area (TPSA) is 56.6 Å². The monoisotopic (exact) mass is 266 g/mol. The van der Waals surface area contributed by atoms with Gasteiger partial charge < -0.3 is 4.98 Å². The number of benzene rings is 1. The lowest BCUT2D eigenvalue weighted by Gasteiger charge is -2.16. The number of hydrogen-bond donors (Lipinski definition) is 1. The molecule has 3 heteroatoms. The molecule has 0 saturated carbocycles. The molecular weight excluding hydrogens is 248 g/mol. The molecule has 0 aliphatic rings. The van der Waals surface area contributed by atoms with Crippen molar-refractivity contribution in [3.63, 3.8) is 0 Å². The summed E-state index contributed by atoms with van der Waals surface area (Å²) in [6.45, 7) is 6.16. The number of nitriles is 1. The highest BCUT2D eigenvalue weighted by Crippen LogP contribution is 2.28. The molecule has 2 aromatic rings. The summed E-state index contributed by atoms with van der Waals surface area (Å²) in [5.41, 5.74) is 3.51. The van der Waals surface area contributed by atoms with E-state index in [9.17, 15) is 10.1 Å². The average molecular weight is 266 g/mol. The van der Waals surface area contributed by atoms with Gasteiger partial charge in [0, 0.05) is 11.3 Å². The Morgan fingerprint density at radius 2 is 1.90 bits per heavy atom. The molecule has 1 aromatic heterocycles. The van der Waals surface area contributed by atoms with Gasteiger partial charge in [-0.15, -0.1) is 0 Å². The van der Waals surface area contributed by atoms with Crippen LogP contribution in [0.5, 0.6) is 0 Å². The maximum atomic E-state index is 12.0. The number of pyridine rings is 1. The van der Waals surface area contributed by atoms with Crippen LogP contribution in [0, 0.1) is 24.2 Å². The Morgan fingerprint density at radius 3 is 2.45 bits per heavy atom. The number of nitrogens with zero attached hydrogens (tertiary/aromatic N) is 1. The van der Waals surface area contributed by atoms with E-state index in [-0.39, 0.29) is 11.1 Å². The van der Waals surface area contributed by atoms with Gasteiger partial charge in [0.15, 0.2) is 0 Å². The van der Waals surface area contributed by atoms with Gasteiger partial charge in [0.25, 0.3) is 5.56 Å². The Kier molecular flexibility index (Phi) is 4.05. The lowest BCUT2D eigenvalue weighted by atomic mass is 9.90. The zero-order chi connectivity index (χ0) is 14.7. The van der Waals surface area contributed by atoms with Gasteiger partial charge in [0.2, 0.25) is 0 Å². The normalized spacial score (nSPS) is 10.6. The van der Waals surface area contributed by atoms with E-state index in [0.717, 1.165) is 28.8 Å². The highest BCUT2D eigenvalue weighted by molar-refractivity contribution is 5.74. The van der Waals surface area contributed by atoms with Gasteiger partial charge in [-0.3, -0.25) is 4.79 Å². The van der Waals surface area contributed by atoms with Crippen molar-refractivity contribution in [3.8, 4) is 17.2 Å². The highest BCUT2D eigenvalue weighted by Gasteiger charge is 2.17. The van der Waals surface area contributed by atoms with Crippen LogP contribution in [-0.4, -0.2) is 4.98 Å². The molecule has 102 valence electrons. The largest absolute Gasteiger partial charge is 0.325 e. The second-order valence-corrected chi connectivity index (χ2v) is 5.38. The molecule has 1 N–H and O–H groups in total. The molecular formula is C17H18N2O. The Morgan fingerprint density at radius 1 is 1.25 bits per heavy atom. The predicted molar refractivity (Wildman–Crippen MR) is 80.5 cm³/mol. The summed E-state index contributed by atoms with van der Waals surface area (Å²) >= 11 is 0. The number of hydrogen-bond acceptors (Lipinski definition) is 2. The molecule has 0 fully saturated rings. The van der Waals surface area contributed by atoms with Crippen molar-refractivity contribution in [1.82, 2.24) is 4.98 Å². The van der Waals surface area contributed by atoms with E-state index < -0.39 is 0 Å². The molecule has 20 heavy (non-hydrogen) atoms. The molecule has 0 spiro atoms. The van der Waals surface area contributed by atoms with E-state index in [2.05, 4.69) is 24.9 Å². The first-order valence-corrected chi connectivity index (χ1v) is 6.75. The van der Waals surface area contributed by atoms with Crippen LogP contribution in [-0.2, 0) is 6.42 Å². The third-order valence-electron chi connectivity index (χ3n) is 3.32. The van der Waals surface area contributed by atoms with Crippen molar-refractivity contribution in [3.05, 3.63) is 57.5 Å². The molecule has 0 saturated heterocycles. The maximum Gasteiger partial charge on any atom is 0.266 e.